The number of rotatable bonds is 2. The molecule has 2 rings (SSSR count). The van der Waals surface area contributed by atoms with E-state index in [0.717, 1.165) is 16.0 Å². The number of benzene rings is 1. The Kier molecular flexibility index (Phi) is 5.03. The third-order valence-corrected chi connectivity index (χ3v) is 4.26. The maximum Gasteiger partial charge on any atom is 0.265 e. The maximum atomic E-state index is 12.3. The van der Waals surface area contributed by atoms with Crippen molar-refractivity contribution in [1.29, 1.82) is 0 Å². The van der Waals surface area contributed by atoms with Crippen molar-refractivity contribution in [2.24, 2.45) is 0 Å². The van der Waals surface area contributed by atoms with Crippen molar-refractivity contribution in [2.75, 3.05) is 11.9 Å². The van der Waals surface area contributed by atoms with Gasteiger partial charge >= 0.3 is 0 Å². The van der Waals surface area contributed by atoms with Crippen molar-refractivity contribution in [3.05, 3.63) is 50.2 Å². The number of aliphatic hydroxyl groups excluding tert-OH is 1. The van der Waals surface area contributed by atoms with Crippen molar-refractivity contribution in [3.8, 4) is 11.8 Å². The lowest BCUT2D eigenvalue weighted by Gasteiger charge is -2.07. The highest BCUT2D eigenvalue weighted by molar-refractivity contribution is 7.14. The van der Waals surface area contributed by atoms with Crippen LogP contribution in [0.1, 0.15) is 25.7 Å². The molecule has 0 atom stereocenters. The first kappa shape index (κ1) is 15.6. The van der Waals surface area contributed by atoms with E-state index in [-0.39, 0.29) is 12.5 Å². The van der Waals surface area contributed by atoms with E-state index in [9.17, 15) is 4.79 Å². The number of nitrogens with one attached hydrogen (secondary N) is 1. The summed E-state index contributed by atoms with van der Waals surface area (Å²) in [5.41, 5.74) is 2.57. The largest absolute Gasteiger partial charge is 0.384 e. The molecule has 1 heterocycles. The number of carbonyl (C=O) groups excluding carboxylic acids is 1. The number of thiophene rings is 1. The first-order valence-corrected chi connectivity index (χ1v) is 7.48. The molecule has 1 amide bonds. The number of anilines is 1. The molecule has 0 radical (unpaired) electrons. The SMILES string of the molecule is Cc1ccc(Cl)cc1NC(=O)c1cc(C)c(C#CCO)s1. The molecule has 1 aromatic carbocycles. The number of carbonyl (C=O) groups is 1. The van der Waals surface area contributed by atoms with Gasteiger partial charge in [-0.3, -0.25) is 4.79 Å². The van der Waals surface area contributed by atoms with Gasteiger partial charge in [0.2, 0.25) is 0 Å². The normalized spacial score (nSPS) is 9.90. The standard InChI is InChI=1S/C16H14ClNO2S/c1-10-5-6-12(17)9-13(10)18-16(20)15-8-11(2)14(21-15)4-3-7-19/h5-6,8-9,19H,7H2,1-2H3,(H,18,20). The summed E-state index contributed by atoms with van der Waals surface area (Å²) in [5.74, 6) is 5.24. The zero-order chi connectivity index (χ0) is 15.4. The molecule has 3 nitrogen and oxygen atoms in total. The van der Waals surface area contributed by atoms with E-state index < -0.39 is 0 Å². The molecular weight excluding hydrogens is 306 g/mol. The summed E-state index contributed by atoms with van der Waals surface area (Å²) in [6.07, 6.45) is 0. The second-order valence-corrected chi connectivity index (χ2v) is 5.98. The number of amides is 1. The van der Waals surface area contributed by atoms with Crippen molar-refractivity contribution in [3.63, 3.8) is 0 Å². The van der Waals surface area contributed by atoms with Gasteiger partial charge in [-0.1, -0.05) is 29.5 Å². The fraction of sp³-hybridized carbons (Fsp3) is 0.188. The maximum absolute atomic E-state index is 12.3. The summed E-state index contributed by atoms with van der Waals surface area (Å²) in [7, 11) is 0. The van der Waals surface area contributed by atoms with E-state index in [1.165, 1.54) is 11.3 Å². The van der Waals surface area contributed by atoms with Gasteiger partial charge in [0, 0.05) is 10.7 Å². The van der Waals surface area contributed by atoms with Crippen LogP contribution in [0.25, 0.3) is 0 Å². The molecule has 0 aliphatic rings. The van der Waals surface area contributed by atoms with Crippen LogP contribution in [0.3, 0.4) is 0 Å². The molecule has 0 aliphatic heterocycles. The molecule has 21 heavy (non-hydrogen) atoms. The molecule has 0 fully saturated rings. The summed E-state index contributed by atoms with van der Waals surface area (Å²) in [4.78, 5) is 13.6. The molecule has 108 valence electrons. The van der Waals surface area contributed by atoms with Crippen LogP contribution in [0.2, 0.25) is 5.02 Å². The van der Waals surface area contributed by atoms with Gasteiger partial charge < -0.3 is 10.4 Å². The van der Waals surface area contributed by atoms with Crippen molar-refractivity contribution in [1.82, 2.24) is 0 Å². The van der Waals surface area contributed by atoms with Crippen LogP contribution in [0.5, 0.6) is 0 Å². The van der Waals surface area contributed by atoms with Gasteiger partial charge in [0.05, 0.1) is 9.75 Å². The van der Waals surface area contributed by atoms with Gasteiger partial charge in [-0.15, -0.1) is 11.3 Å². The van der Waals surface area contributed by atoms with Gasteiger partial charge in [0.15, 0.2) is 0 Å². The van der Waals surface area contributed by atoms with Crippen molar-refractivity contribution < 1.29 is 9.90 Å². The van der Waals surface area contributed by atoms with Crippen molar-refractivity contribution in [2.45, 2.75) is 13.8 Å². The molecule has 5 heteroatoms. The lowest BCUT2D eigenvalue weighted by atomic mass is 10.2. The van der Waals surface area contributed by atoms with Crippen LogP contribution in [0.4, 0.5) is 5.69 Å². The van der Waals surface area contributed by atoms with Gasteiger partial charge in [-0.2, -0.15) is 0 Å². The molecule has 0 saturated heterocycles. The third-order valence-electron chi connectivity index (χ3n) is 2.87. The third kappa shape index (κ3) is 3.85. The average molecular weight is 320 g/mol. The van der Waals surface area contributed by atoms with Crippen molar-refractivity contribution >= 4 is 34.5 Å². The highest BCUT2D eigenvalue weighted by Crippen LogP contribution is 2.24. The van der Waals surface area contributed by atoms with Gasteiger partial charge in [-0.25, -0.2) is 0 Å². The van der Waals surface area contributed by atoms with Crippen LogP contribution >= 0.6 is 22.9 Å². The topological polar surface area (TPSA) is 49.3 Å². The highest BCUT2D eigenvalue weighted by atomic mass is 35.5. The van der Waals surface area contributed by atoms with E-state index in [1.54, 1.807) is 18.2 Å². The molecule has 0 bridgehead atoms. The van der Waals surface area contributed by atoms with Crippen LogP contribution in [-0.2, 0) is 0 Å². The Balaban J connectivity index is 2.23. The van der Waals surface area contributed by atoms with Gasteiger partial charge in [0.1, 0.15) is 6.61 Å². The van der Waals surface area contributed by atoms with E-state index in [0.29, 0.717) is 15.6 Å². The molecule has 0 unspecified atom stereocenters. The highest BCUT2D eigenvalue weighted by Gasteiger charge is 2.13. The van der Waals surface area contributed by atoms with Crippen LogP contribution < -0.4 is 5.32 Å². The summed E-state index contributed by atoms with van der Waals surface area (Å²) in [5, 5.41) is 12.2. The Morgan fingerprint density at radius 3 is 2.81 bits per heavy atom. The van der Waals surface area contributed by atoms with E-state index in [2.05, 4.69) is 17.2 Å². The van der Waals surface area contributed by atoms with E-state index >= 15 is 0 Å². The number of hydrogen-bond acceptors (Lipinski definition) is 3. The Hall–Kier alpha value is -1.80. The quantitative estimate of drug-likeness (QED) is 0.831. The van der Waals surface area contributed by atoms with E-state index in [4.69, 9.17) is 16.7 Å². The monoisotopic (exact) mass is 319 g/mol. The minimum absolute atomic E-state index is 0.189. The minimum atomic E-state index is -0.194. The number of halogens is 1. The zero-order valence-electron chi connectivity index (χ0n) is 11.7. The second-order valence-electron chi connectivity index (χ2n) is 4.50. The number of hydrogen-bond donors (Lipinski definition) is 2. The molecule has 1 aromatic heterocycles. The average Bonchev–Trinajstić information content (AvgIpc) is 2.82. The predicted octanol–water partition coefficient (Wildman–Crippen LogP) is 3.61. The van der Waals surface area contributed by atoms with Crippen LogP contribution in [-0.4, -0.2) is 17.6 Å². The molecule has 2 aromatic rings. The number of aliphatic hydroxyl groups is 1. The Bertz CT molecular complexity index is 740. The van der Waals surface area contributed by atoms with Crippen LogP contribution in [0, 0.1) is 25.7 Å². The molecule has 0 saturated carbocycles. The lowest BCUT2D eigenvalue weighted by molar-refractivity contribution is 0.103. The minimum Gasteiger partial charge on any atom is -0.384 e. The van der Waals surface area contributed by atoms with Crippen LogP contribution in [0.15, 0.2) is 24.3 Å². The fourth-order valence-electron chi connectivity index (χ4n) is 1.75. The summed E-state index contributed by atoms with van der Waals surface area (Å²) < 4.78 is 0. The summed E-state index contributed by atoms with van der Waals surface area (Å²) >= 11 is 7.25. The fourth-order valence-corrected chi connectivity index (χ4v) is 2.87. The second kappa shape index (κ2) is 6.77. The Morgan fingerprint density at radius 2 is 2.10 bits per heavy atom. The summed E-state index contributed by atoms with van der Waals surface area (Å²) in [6, 6.07) is 7.16. The smallest absolute Gasteiger partial charge is 0.265 e. The molecule has 2 N–H and O–H groups in total. The van der Waals surface area contributed by atoms with Gasteiger partial charge in [0.25, 0.3) is 5.91 Å². The lowest BCUT2D eigenvalue weighted by Crippen LogP contribution is -2.11. The predicted molar refractivity (Wildman–Crippen MR) is 87.2 cm³/mol. The van der Waals surface area contributed by atoms with Gasteiger partial charge in [-0.05, 0) is 43.2 Å². The Labute approximate surface area is 132 Å². The molecular formula is C16H14ClNO2S. The number of aryl methyl sites for hydroxylation is 2. The zero-order valence-corrected chi connectivity index (χ0v) is 13.2. The first-order chi connectivity index (χ1) is 10.0. The molecule has 0 aliphatic carbocycles. The Morgan fingerprint density at radius 1 is 1.33 bits per heavy atom. The summed E-state index contributed by atoms with van der Waals surface area (Å²) in [6.45, 7) is 3.60. The van der Waals surface area contributed by atoms with E-state index in [1.807, 2.05) is 19.9 Å². The molecule has 0 spiro atoms. The first-order valence-electron chi connectivity index (χ1n) is 6.29.